The van der Waals surface area contributed by atoms with Crippen molar-refractivity contribution in [2.45, 2.75) is 6.92 Å². The molecule has 0 bridgehead atoms. The zero-order chi connectivity index (χ0) is 14.9. The molecule has 0 atom stereocenters. The number of nitrogens with zero attached hydrogens (tertiary/aromatic N) is 1. The van der Waals surface area contributed by atoms with Crippen LogP contribution in [-0.4, -0.2) is 29.9 Å². The normalized spacial score (nSPS) is 11.2. The summed E-state index contributed by atoms with van der Waals surface area (Å²) < 4.78 is 5.10. The van der Waals surface area contributed by atoms with Crippen LogP contribution in [0, 0.1) is 6.92 Å². The van der Waals surface area contributed by atoms with E-state index in [0.29, 0.717) is 10.9 Å². The quantitative estimate of drug-likeness (QED) is 0.526. The highest BCUT2D eigenvalue weighted by atomic mass is 16.4. The van der Waals surface area contributed by atoms with Crippen molar-refractivity contribution in [3.63, 3.8) is 0 Å². The molecule has 1 heterocycles. The van der Waals surface area contributed by atoms with Crippen molar-refractivity contribution < 1.29 is 14.3 Å². The van der Waals surface area contributed by atoms with Crippen LogP contribution < -0.4 is 5.63 Å². The van der Waals surface area contributed by atoms with E-state index < -0.39 is 11.4 Å². The number of carbonyl (C=O) groups is 1. The first kappa shape index (κ1) is 13.9. The number of benzene rings is 1. The van der Waals surface area contributed by atoms with E-state index in [9.17, 15) is 14.7 Å². The average molecular weight is 273 g/mol. The van der Waals surface area contributed by atoms with E-state index in [-0.39, 0.29) is 16.9 Å². The van der Waals surface area contributed by atoms with Crippen molar-refractivity contribution in [3.8, 4) is 5.75 Å². The van der Waals surface area contributed by atoms with Crippen molar-refractivity contribution in [1.29, 1.82) is 0 Å². The molecule has 0 aliphatic carbocycles. The Kier molecular flexibility index (Phi) is 3.61. The van der Waals surface area contributed by atoms with Gasteiger partial charge in [0.2, 0.25) is 0 Å². The maximum Gasteiger partial charge on any atom is 0.336 e. The topological polar surface area (TPSA) is 70.8 Å². The molecule has 0 fully saturated rings. The van der Waals surface area contributed by atoms with Crippen LogP contribution in [0.3, 0.4) is 0 Å². The highest BCUT2D eigenvalue weighted by molar-refractivity contribution is 6.14. The Bertz CT molecular complexity index is 756. The zero-order valence-electron chi connectivity index (χ0n) is 11.5. The third kappa shape index (κ3) is 2.56. The number of allylic oxidation sites excluding steroid dienone is 1. The molecular formula is C15H15NO4. The Morgan fingerprint density at radius 1 is 1.35 bits per heavy atom. The lowest BCUT2D eigenvalue weighted by Crippen LogP contribution is -2.05. The largest absolute Gasteiger partial charge is 0.507 e. The van der Waals surface area contributed by atoms with E-state index >= 15 is 0 Å². The fraction of sp³-hybridized carbons (Fsp3) is 0.200. The molecular weight excluding hydrogens is 258 g/mol. The fourth-order valence-corrected chi connectivity index (χ4v) is 1.91. The molecule has 20 heavy (non-hydrogen) atoms. The third-order valence-corrected chi connectivity index (χ3v) is 2.87. The molecule has 0 aliphatic rings. The Labute approximate surface area is 115 Å². The third-order valence-electron chi connectivity index (χ3n) is 2.87. The van der Waals surface area contributed by atoms with Crippen LogP contribution in [-0.2, 0) is 0 Å². The molecule has 0 aliphatic heterocycles. The molecule has 104 valence electrons. The maximum atomic E-state index is 12.2. The van der Waals surface area contributed by atoms with Gasteiger partial charge in [-0.15, -0.1) is 0 Å². The van der Waals surface area contributed by atoms with Crippen molar-refractivity contribution in [2.75, 3.05) is 14.1 Å². The van der Waals surface area contributed by atoms with Gasteiger partial charge in [-0.05, 0) is 24.6 Å². The standard InChI is InChI=1S/C15H15NO4/c1-9-8-13(19)20-15-10(9)4-5-11(17)14(15)12(18)6-7-16(2)3/h4-8,17H,1-3H3/b7-6+. The van der Waals surface area contributed by atoms with Crippen LogP contribution >= 0.6 is 0 Å². The van der Waals surface area contributed by atoms with Gasteiger partial charge in [-0.3, -0.25) is 4.79 Å². The number of phenolic OH excluding ortho intramolecular Hbond substituents is 1. The molecule has 0 saturated heterocycles. The average Bonchev–Trinajstić information content (AvgIpc) is 2.35. The lowest BCUT2D eigenvalue weighted by atomic mass is 10.0. The van der Waals surface area contributed by atoms with E-state index in [2.05, 4.69) is 0 Å². The predicted octanol–water partition coefficient (Wildman–Crippen LogP) is 2.07. The number of hydrogen-bond acceptors (Lipinski definition) is 5. The highest BCUT2D eigenvalue weighted by Gasteiger charge is 2.17. The minimum atomic E-state index is -0.550. The number of aryl methyl sites for hydroxylation is 1. The van der Waals surface area contributed by atoms with Crippen LogP contribution in [0.2, 0.25) is 0 Å². The summed E-state index contributed by atoms with van der Waals surface area (Å²) in [7, 11) is 3.55. The summed E-state index contributed by atoms with van der Waals surface area (Å²) in [5.41, 5.74) is 0.262. The van der Waals surface area contributed by atoms with Gasteiger partial charge in [-0.25, -0.2) is 4.79 Å². The monoisotopic (exact) mass is 273 g/mol. The predicted molar refractivity (Wildman–Crippen MR) is 76.0 cm³/mol. The van der Waals surface area contributed by atoms with Crippen molar-refractivity contribution >= 4 is 16.8 Å². The SMILES string of the molecule is Cc1cc(=O)oc2c(C(=O)/C=C/N(C)C)c(O)ccc12. The molecule has 2 rings (SSSR count). The van der Waals surface area contributed by atoms with E-state index in [1.165, 1.54) is 18.2 Å². The second-order valence-corrected chi connectivity index (χ2v) is 4.73. The molecule has 2 aromatic rings. The van der Waals surface area contributed by atoms with Gasteiger partial charge in [-0.2, -0.15) is 0 Å². The van der Waals surface area contributed by atoms with Gasteiger partial charge in [0.25, 0.3) is 0 Å². The van der Waals surface area contributed by atoms with Crippen LogP contribution in [0.5, 0.6) is 5.75 Å². The number of fused-ring (bicyclic) bond motifs is 1. The van der Waals surface area contributed by atoms with Crippen LogP contribution in [0.25, 0.3) is 11.0 Å². The van der Waals surface area contributed by atoms with E-state index in [0.717, 1.165) is 0 Å². The van der Waals surface area contributed by atoms with Gasteiger partial charge >= 0.3 is 5.63 Å². The molecule has 0 unspecified atom stereocenters. The molecule has 0 saturated carbocycles. The van der Waals surface area contributed by atoms with Crippen LogP contribution in [0.15, 0.2) is 39.7 Å². The maximum absolute atomic E-state index is 12.2. The van der Waals surface area contributed by atoms with Crippen molar-refractivity contribution in [3.05, 3.63) is 52.0 Å². The summed E-state index contributed by atoms with van der Waals surface area (Å²) in [6, 6.07) is 4.39. The number of hydrogen-bond donors (Lipinski definition) is 1. The Balaban J connectivity index is 2.71. The number of ketones is 1. The van der Waals surface area contributed by atoms with Gasteiger partial charge in [0.05, 0.1) is 0 Å². The van der Waals surface area contributed by atoms with E-state index in [1.54, 1.807) is 38.2 Å². The smallest absolute Gasteiger partial charge is 0.336 e. The lowest BCUT2D eigenvalue weighted by Gasteiger charge is -2.07. The molecule has 0 radical (unpaired) electrons. The van der Waals surface area contributed by atoms with E-state index in [4.69, 9.17) is 4.42 Å². The number of carbonyl (C=O) groups excluding carboxylic acids is 1. The van der Waals surface area contributed by atoms with Crippen molar-refractivity contribution in [1.82, 2.24) is 4.90 Å². The minimum Gasteiger partial charge on any atom is -0.507 e. The molecule has 5 heteroatoms. The second-order valence-electron chi connectivity index (χ2n) is 4.73. The van der Waals surface area contributed by atoms with Gasteiger partial charge in [-0.1, -0.05) is 0 Å². The highest BCUT2D eigenvalue weighted by Crippen LogP contribution is 2.28. The van der Waals surface area contributed by atoms with Gasteiger partial charge in [0, 0.05) is 37.8 Å². The minimum absolute atomic E-state index is 0.00130. The number of aromatic hydroxyl groups is 1. The summed E-state index contributed by atoms with van der Waals surface area (Å²) in [4.78, 5) is 25.3. The number of phenols is 1. The summed E-state index contributed by atoms with van der Waals surface area (Å²) >= 11 is 0. The Morgan fingerprint density at radius 3 is 2.70 bits per heavy atom. The van der Waals surface area contributed by atoms with Crippen LogP contribution in [0.4, 0.5) is 0 Å². The number of rotatable bonds is 3. The molecule has 1 N–H and O–H groups in total. The Hall–Kier alpha value is -2.56. The first-order valence-corrected chi connectivity index (χ1v) is 6.05. The van der Waals surface area contributed by atoms with Crippen LogP contribution in [0.1, 0.15) is 15.9 Å². The first-order valence-electron chi connectivity index (χ1n) is 6.05. The fourth-order valence-electron chi connectivity index (χ4n) is 1.91. The van der Waals surface area contributed by atoms with Gasteiger partial charge in [0.1, 0.15) is 11.3 Å². The summed E-state index contributed by atoms with van der Waals surface area (Å²) in [5, 5.41) is 10.5. The summed E-state index contributed by atoms with van der Waals surface area (Å²) in [5.74, 6) is -0.629. The molecule has 1 aromatic heterocycles. The summed E-state index contributed by atoms with van der Waals surface area (Å²) in [6.07, 6.45) is 2.88. The molecule has 0 amide bonds. The first-order chi connectivity index (χ1) is 9.40. The molecule has 0 spiro atoms. The summed E-state index contributed by atoms with van der Waals surface area (Å²) in [6.45, 7) is 1.75. The van der Waals surface area contributed by atoms with Gasteiger partial charge < -0.3 is 14.4 Å². The molecule has 1 aromatic carbocycles. The Morgan fingerprint density at radius 2 is 2.05 bits per heavy atom. The molecule has 5 nitrogen and oxygen atoms in total. The van der Waals surface area contributed by atoms with E-state index in [1.807, 2.05) is 0 Å². The lowest BCUT2D eigenvalue weighted by molar-refractivity contribution is 0.104. The van der Waals surface area contributed by atoms with Crippen molar-refractivity contribution in [2.24, 2.45) is 0 Å². The zero-order valence-corrected chi connectivity index (χ0v) is 11.5. The van der Waals surface area contributed by atoms with Gasteiger partial charge in [0.15, 0.2) is 11.4 Å². The second kappa shape index (κ2) is 5.21.